The summed E-state index contributed by atoms with van der Waals surface area (Å²) in [6.45, 7) is 1.87. The molecule has 19 heavy (non-hydrogen) atoms. The number of thiazole rings is 1. The lowest BCUT2D eigenvalue weighted by atomic mass is 10.1. The van der Waals surface area contributed by atoms with Gasteiger partial charge in [0, 0.05) is 22.8 Å². The minimum atomic E-state index is 0.741. The average molecular weight is 268 g/mol. The molecule has 0 aliphatic carbocycles. The van der Waals surface area contributed by atoms with Crippen LogP contribution in [-0.2, 0) is 0 Å². The van der Waals surface area contributed by atoms with Crippen molar-refractivity contribution in [1.82, 2.24) is 15.0 Å². The van der Waals surface area contributed by atoms with Crippen LogP contribution in [0, 0.1) is 6.92 Å². The van der Waals surface area contributed by atoms with E-state index in [1.807, 2.05) is 42.6 Å². The van der Waals surface area contributed by atoms with Crippen LogP contribution in [0.25, 0.3) is 22.0 Å². The van der Waals surface area contributed by atoms with E-state index in [1.165, 1.54) is 0 Å². The van der Waals surface area contributed by atoms with Gasteiger partial charge >= 0.3 is 0 Å². The van der Waals surface area contributed by atoms with Gasteiger partial charge in [0.2, 0.25) is 0 Å². The van der Waals surface area contributed by atoms with Crippen molar-refractivity contribution in [2.24, 2.45) is 0 Å². The Labute approximate surface area is 115 Å². The summed E-state index contributed by atoms with van der Waals surface area (Å²) in [6.07, 6.45) is 1.75. The predicted molar refractivity (Wildman–Crippen MR) is 77.7 cm³/mol. The highest BCUT2D eigenvalue weighted by atomic mass is 32.1. The summed E-state index contributed by atoms with van der Waals surface area (Å²) in [6, 6.07) is 9.59. The fourth-order valence-corrected chi connectivity index (χ4v) is 2.59. The smallest absolute Gasteiger partial charge is 0.142 e. The molecule has 0 unspecified atom stereocenters. The van der Waals surface area contributed by atoms with Crippen LogP contribution >= 0.6 is 11.3 Å². The summed E-state index contributed by atoms with van der Waals surface area (Å²) in [5.41, 5.74) is 9.33. The molecule has 0 atom stereocenters. The van der Waals surface area contributed by atoms with Gasteiger partial charge in [-0.15, -0.1) is 11.3 Å². The number of benzene rings is 1. The first-order chi connectivity index (χ1) is 9.22. The zero-order chi connectivity index (χ0) is 13.2. The Morgan fingerprint density at radius 2 is 2.00 bits per heavy atom. The Balaban J connectivity index is 2.00. The van der Waals surface area contributed by atoms with Crippen molar-refractivity contribution in [2.45, 2.75) is 6.92 Å². The maximum atomic E-state index is 5.79. The first-order valence-corrected chi connectivity index (χ1v) is 6.72. The maximum Gasteiger partial charge on any atom is 0.142 e. The molecule has 3 aromatic rings. The molecule has 1 aromatic carbocycles. The summed E-state index contributed by atoms with van der Waals surface area (Å²) >= 11 is 1.57. The van der Waals surface area contributed by atoms with Gasteiger partial charge in [0.05, 0.1) is 5.69 Å². The largest absolute Gasteiger partial charge is 0.399 e. The number of aromatic nitrogens is 3. The summed E-state index contributed by atoms with van der Waals surface area (Å²) < 4.78 is 0. The van der Waals surface area contributed by atoms with Crippen LogP contribution in [0.1, 0.15) is 5.82 Å². The van der Waals surface area contributed by atoms with Crippen LogP contribution in [0.5, 0.6) is 0 Å². The van der Waals surface area contributed by atoms with E-state index in [0.29, 0.717) is 0 Å². The molecular formula is C14H12N4S. The maximum absolute atomic E-state index is 5.79. The Morgan fingerprint density at radius 1 is 1.11 bits per heavy atom. The molecule has 0 amide bonds. The van der Waals surface area contributed by atoms with Crippen molar-refractivity contribution in [3.8, 4) is 22.0 Å². The lowest BCUT2D eigenvalue weighted by Gasteiger charge is -1.98. The van der Waals surface area contributed by atoms with Crippen molar-refractivity contribution < 1.29 is 0 Å². The van der Waals surface area contributed by atoms with Gasteiger partial charge in [0.25, 0.3) is 0 Å². The van der Waals surface area contributed by atoms with Gasteiger partial charge < -0.3 is 5.73 Å². The van der Waals surface area contributed by atoms with Crippen LogP contribution in [0.4, 0.5) is 5.69 Å². The second kappa shape index (κ2) is 4.78. The molecule has 0 saturated heterocycles. The first kappa shape index (κ1) is 11.8. The Morgan fingerprint density at radius 3 is 2.79 bits per heavy atom. The molecule has 0 saturated carbocycles. The Kier molecular flexibility index (Phi) is 2.97. The molecule has 0 radical (unpaired) electrons. The van der Waals surface area contributed by atoms with Crippen LogP contribution in [-0.4, -0.2) is 15.0 Å². The Bertz CT molecular complexity index is 661. The number of rotatable bonds is 2. The van der Waals surface area contributed by atoms with E-state index in [2.05, 4.69) is 15.0 Å². The number of aryl methyl sites for hydroxylation is 1. The summed E-state index contributed by atoms with van der Waals surface area (Å²) in [5, 5.41) is 2.91. The van der Waals surface area contributed by atoms with Gasteiger partial charge in [-0.25, -0.2) is 15.0 Å². The summed E-state index contributed by atoms with van der Waals surface area (Å²) in [7, 11) is 0. The third-order valence-electron chi connectivity index (χ3n) is 2.68. The van der Waals surface area contributed by atoms with Crippen LogP contribution in [0.15, 0.2) is 41.9 Å². The van der Waals surface area contributed by atoms with E-state index in [4.69, 9.17) is 5.73 Å². The summed E-state index contributed by atoms with van der Waals surface area (Å²) in [5.74, 6) is 0.748. The lowest BCUT2D eigenvalue weighted by Crippen LogP contribution is -1.89. The molecule has 3 rings (SSSR count). The molecule has 2 heterocycles. The number of nitrogen functional groups attached to an aromatic ring is 1. The minimum Gasteiger partial charge on any atom is -0.399 e. The van der Waals surface area contributed by atoms with Crippen molar-refractivity contribution in [1.29, 1.82) is 0 Å². The highest BCUT2D eigenvalue weighted by Crippen LogP contribution is 2.28. The lowest BCUT2D eigenvalue weighted by molar-refractivity contribution is 1.06. The Hall–Kier alpha value is -2.27. The number of nitrogens with zero attached hydrogens (tertiary/aromatic N) is 3. The molecule has 2 N–H and O–H groups in total. The molecule has 0 fully saturated rings. The van der Waals surface area contributed by atoms with Gasteiger partial charge in [-0.1, -0.05) is 12.1 Å². The molecule has 0 bridgehead atoms. The van der Waals surface area contributed by atoms with Crippen LogP contribution in [0.2, 0.25) is 0 Å². The molecule has 0 aliphatic rings. The summed E-state index contributed by atoms with van der Waals surface area (Å²) in [4.78, 5) is 13.1. The number of nitrogens with two attached hydrogens (primary N) is 1. The molecule has 94 valence electrons. The highest BCUT2D eigenvalue weighted by Gasteiger charge is 2.08. The van der Waals surface area contributed by atoms with E-state index in [-0.39, 0.29) is 0 Å². The molecule has 4 nitrogen and oxygen atoms in total. The van der Waals surface area contributed by atoms with Gasteiger partial charge in [0.1, 0.15) is 16.5 Å². The molecule has 0 spiro atoms. The highest BCUT2D eigenvalue weighted by molar-refractivity contribution is 7.13. The quantitative estimate of drug-likeness (QED) is 0.725. The number of hydrogen-bond acceptors (Lipinski definition) is 5. The molecular weight excluding hydrogens is 256 g/mol. The zero-order valence-electron chi connectivity index (χ0n) is 10.4. The van der Waals surface area contributed by atoms with Crippen LogP contribution < -0.4 is 5.73 Å². The second-order valence-electron chi connectivity index (χ2n) is 4.15. The topological polar surface area (TPSA) is 64.7 Å². The fourth-order valence-electron chi connectivity index (χ4n) is 1.80. The average Bonchev–Trinajstić information content (AvgIpc) is 2.88. The van der Waals surface area contributed by atoms with E-state index in [9.17, 15) is 0 Å². The van der Waals surface area contributed by atoms with Crippen molar-refractivity contribution in [3.05, 3.63) is 47.7 Å². The molecule has 2 aromatic heterocycles. The molecule has 5 heteroatoms. The third kappa shape index (κ3) is 2.46. The second-order valence-corrected chi connectivity index (χ2v) is 5.01. The van der Waals surface area contributed by atoms with Crippen molar-refractivity contribution in [3.63, 3.8) is 0 Å². The SMILES string of the molecule is Cc1nccc(-c2nc(-c3cccc(N)c3)cs2)n1. The molecule has 0 aliphatic heterocycles. The van der Waals surface area contributed by atoms with Gasteiger partial charge in [-0.05, 0) is 25.1 Å². The predicted octanol–water partition coefficient (Wildman–Crippen LogP) is 3.16. The third-order valence-corrected chi connectivity index (χ3v) is 3.55. The van der Waals surface area contributed by atoms with Crippen LogP contribution in [0.3, 0.4) is 0 Å². The van der Waals surface area contributed by atoms with E-state index >= 15 is 0 Å². The first-order valence-electron chi connectivity index (χ1n) is 5.84. The monoisotopic (exact) mass is 268 g/mol. The van der Waals surface area contributed by atoms with Gasteiger partial charge in [-0.3, -0.25) is 0 Å². The van der Waals surface area contributed by atoms with E-state index < -0.39 is 0 Å². The minimum absolute atomic E-state index is 0.741. The standard InChI is InChI=1S/C14H12N4S/c1-9-16-6-5-12(17-9)14-18-13(8-19-14)10-3-2-4-11(15)7-10/h2-8H,15H2,1H3. The number of anilines is 1. The van der Waals surface area contributed by atoms with Gasteiger partial charge in [0.15, 0.2) is 0 Å². The van der Waals surface area contributed by atoms with E-state index in [0.717, 1.165) is 33.5 Å². The van der Waals surface area contributed by atoms with Crippen molar-refractivity contribution in [2.75, 3.05) is 5.73 Å². The van der Waals surface area contributed by atoms with Gasteiger partial charge in [-0.2, -0.15) is 0 Å². The number of hydrogen-bond donors (Lipinski definition) is 1. The van der Waals surface area contributed by atoms with E-state index in [1.54, 1.807) is 17.5 Å². The normalized spacial score (nSPS) is 10.6. The van der Waals surface area contributed by atoms with Crippen molar-refractivity contribution >= 4 is 17.0 Å². The zero-order valence-corrected chi connectivity index (χ0v) is 11.2. The fraction of sp³-hybridized carbons (Fsp3) is 0.0714.